The molecule has 0 bridgehead atoms. The molecule has 1 N–H and O–H groups in total. The molecule has 5 heteroatoms. The van der Waals surface area contributed by atoms with Gasteiger partial charge in [-0.2, -0.15) is 5.10 Å². The van der Waals surface area contributed by atoms with Gasteiger partial charge in [-0.1, -0.05) is 18.2 Å². The van der Waals surface area contributed by atoms with Gasteiger partial charge in [-0.15, -0.1) is 0 Å². The number of hydrogen-bond acceptors (Lipinski definition) is 3. The third-order valence-electron chi connectivity index (χ3n) is 5.08. The van der Waals surface area contributed by atoms with Gasteiger partial charge in [0.15, 0.2) is 0 Å². The summed E-state index contributed by atoms with van der Waals surface area (Å²) in [6.45, 7) is 6.80. The Morgan fingerprint density at radius 2 is 2.04 bits per heavy atom. The molecule has 2 aromatic rings. The fourth-order valence-electron chi connectivity index (χ4n) is 3.43. The minimum atomic E-state index is 0.0120. The molecule has 2 atom stereocenters. The molecular formula is C19H25N3O2. The predicted octanol–water partition coefficient (Wildman–Crippen LogP) is 2.72. The summed E-state index contributed by atoms with van der Waals surface area (Å²) < 4.78 is 1.83. The molecule has 1 aliphatic rings. The second-order valence-corrected chi connectivity index (χ2v) is 6.77. The first kappa shape index (κ1) is 16.7. The number of aromatic nitrogens is 2. The highest BCUT2D eigenvalue weighted by Gasteiger charge is 2.31. The van der Waals surface area contributed by atoms with Crippen LogP contribution >= 0.6 is 0 Å². The summed E-state index contributed by atoms with van der Waals surface area (Å²) in [5.41, 5.74) is 3.61. The Kier molecular flexibility index (Phi) is 4.71. The lowest BCUT2D eigenvalue weighted by molar-refractivity contribution is 0.0488. The van der Waals surface area contributed by atoms with Gasteiger partial charge in [-0.25, -0.2) is 4.68 Å². The van der Waals surface area contributed by atoms with Gasteiger partial charge in [-0.3, -0.25) is 4.79 Å². The maximum Gasteiger partial charge on any atom is 0.257 e. The molecule has 1 fully saturated rings. The fourth-order valence-corrected chi connectivity index (χ4v) is 3.43. The molecule has 0 spiro atoms. The zero-order chi connectivity index (χ0) is 17.3. The lowest BCUT2D eigenvalue weighted by Crippen LogP contribution is -2.46. The number of carbonyl (C=O) groups excluding carboxylic acids is 1. The summed E-state index contributed by atoms with van der Waals surface area (Å²) in [7, 11) is 0. The number of benzene rings is 1. The van der Waals surface area contributed by atoms with E-state index in [-0.39, 0.29) is 24.5 Å². The van der Waals surface area contributed by atoms with Crippen molar-refractivity contribution in [1.29, 1.82) is 0 Å². The molecule has 1 saturated heterocycles. The van der Waals surface area contributed by atoms with Gasteiger partial charge in [0.05, 0.1) is 23.1 Å². The van der Waals surface area contributed by atoms with Gasteiger partial charge < -0.3 is 10.0 Å². The number of likely N-dealkylation sites (tertiary alicyclic amines) is 1. The molecule has 5 nitrogen and oxygen atoms in total. The first-order valence-electron chi connectivity index (χ1n) is 8.55. The van der Waals surface area contributed by atoms with Crippen molar-refractivity contribution >= 4 is 5.91 Å². The van der Waals surface area contributed by atoms with E-state index in [0.29, 0.717) is 12.1 Å². The van der Waals surface area contributed by atoms with Gasteiger partial charge in [0.1, 0.15) is 0 Å². The largest absolute Gasteiger partial charge is 0.396 e. The summed E-state index contributed by atoms with van der Waals surface area (Å²) in [6, 6.07) is 8.21. The molecule has 1 aromatic carbocycles. The van der Waals surface area contributed by atoms with Crippen LogP contribution in [0.5, 0.6) is 0 Å². The Balaban J connectivity index is 1.90. The number of aliphatic hydroxyl groups excluding tert-OH is 1. The van der Waals surface area contributed by atoms with E-state index in [1.165, 1.54) is 0 Å². The van der Waals surface area contributed by atoms with Gasteiger partial charge in [0.2, 0.25) is 0 Å². The molecule has 0 aliphatic carbocycles. The van der Waals surface area contributed by atoms with Crippen molar-refractivity contribution in [2.24, 2.45) is 5.92 Å². The molecule has 1 aliphatic heterocycles. The highest BCUT2D eigenvalue weighted by Crippen LogP contribution is 2.25. The van der Waals surface area contributed by atoms with Crippen molar-refractivity contribution in [2.75, 3.05) is 13.2 Å². The van der Waals surface area contributed by atoms with E-state index in [0.717, 1.165) is 29.8 Å². The number of carbonyl (C=O) groups is 1. The van der Waals surface area contributed by atoms with Crippen LogP contribution in [0.1, 0.15) is 41.4 Å². The average Bonchev–Trinajstić information content (AvgIpc) is 2.96. The standard InChI is InChI=1S/C19H25N3O2/c1-13-6-4-5-7-18(13)22-15(3)17(10-20-22)19(24)21-11-16(12-23)9-8-14(21)2/h4-7,10,14,16,23H,8-9,11-12H2,1-3H3. The van der Waals surface area contributed by atoms with E-state index < -0.39 is 0 Å². The first-order valence-corrected chi connectivity index (χ1v) is 8.55. The lowest BCUT2D eigenvalue weighted by Gasteiger charge is -2.37. The Morgan fingerprint density at radius 3 is 2.75 bits per heavy atom. The molecular weight excluding hydrogens is 302 g/mol. The zero-order valence-electron chi connectivity index (χ0n) is 14.6. The van der Waals surface area contributed by atoms with E-state index in [1.54, 1.807) is 6.20 Å². The van der Waals surface area contributed by atoms with Crippen molar-refractivity contribution in [3.05, 3.63) is 47.3 Å². The monoisotopic (exact) mass is 327 g/mol. The van der Waals surface area contributed by atoms with Gasteiger partial charge in [0.25, 0.3) is 5.91 Å². The molecule has 2 heterocycles. The van der Waals surface area contributed by atoms with Crippen molar-refractivity contribution < 1.29 is 9.90 Å². The second-order valence-electron chi connectivity index (χ2n) is 6.77. The number of aryl methyl sites for hydroxylation is 1. The zero-order valence-corrected chi connectivity index (χ0v) is 14.6. The highest BCUT2D eigenvalue weighted by molar-refractivity contribution is 5.95. The third kappa shape index (κ3) is 2.96. The van der Waals surface area contributed by atoms with Crippen LogP contribution in [0.2, 0.25) is 0 Å². The summed E-state index contributed by atoms with van der Waals surface area (Å²) in [4.78, 5) is 14.9. The average molecular weight is 327 g/mol. The van der Waals surface area contributed by atoms with Gasteiger partial charge >= 0.3 is 0 Å². The van der Waals surface area contributed by atoms with Crippen molar-refractivity contribution in [3.8, 4) is 5.69 Å². The number of nitrogens with zero attached hydrogens (tertiary/aromatic N) is 3. The normalized spacial score (nSPS) is 21.1. The highest BCUT2D eigenvalue weighted by atomic mass is 16.3. The van der Waals surface area contributed by atoms with Crippen molar-refractivity contribution in [2.45, 2.75) is 39.7 Å². The smallest absolute Gasteiger partial charge is 0.257 e. The van der Waals surface area contributed by atoms with Crippen molar-refractivity contribution in [3.63, 3.8) is 0 Å². The number of aliphatic hydroxyl groups is 1. The molecule has 24 heavy (non-hydrogen) atoms. The molecule has 3 rings (SSSR count). The van der Waals surface area contributed by atoms with Gasteiger partial charge in [0, 0.05) is 19.2 Å². The maximum atomic E-state index is 13.0. The number of hydrogen-bond donors (Lipinski definition) is 1. The third-order valence-corrected chi connectivity index (χ3v) is 5.08. The summed E-state index contributed by atoms with van der Waals surface area (Å²) >= 11 is 0. The van der Waals surface area contributed by atoms with Crippen LogP contribution in [0, 0.1) is 19.8 Å². The van der Waals surface area contributed by atoms with Gasteiger partial charge in [-0.05, 0) is 51.2 Å². The van der Waals surface area contributed by atoms with E-state index in [4.69, 9.17) is 0 Å². The molecule has 0 radical (unpaired) electrons. The van der Waals surface area contributed by atoms with E-state index in [2.05, 4.69) is 12.0 Å². The van der Waals surface area contributed by atoms with Crippen molar-refractivity contribution in [1.82, 2.24) is 14.7 Å². The van der Waals surface area contributed by atoms with Crippen LogP contribution in [0.4, 0.5) is 0 Å². The van der Waals surface area contributed by atoms with Crippen LogP contribution in [-0.2, 0) is 0 Å². The van der Waals surface area contributed by atoms with E-state index in [1.807, 2.05) is 47.7 Å². The van der Waals surface area contributed by atoms with Crippen LogP contribution in [-0.4, -0.2) is 44.9 Å². The summed E-state index contributed by atoms with van der Waals surface area (Å²) in [5, 5.41) is 13.9. The summed E-state index contributed by atoms with van der Waals surface area (Å²) in [5.74, 6) is 0.190. The molecule has 1 amide bonds. The Morgan fingerprint density at radius 1 is 1.29 bits per heavy atom. The Hall–Kier alpha value is -2.14. The number of amides is 1. The first-order chi connectivity index (χ1) is 11.5. The molecule has 0 saturated carbocycles. The Labute approximate surface area is 142 Å². The maximum absolute atomic E-state index is 13.0. The minimum absolute atomic E-state index is 0.0120. The van der Waals surface area contributed by atoms with E-state index in [9.17, 15) is 9.90 Å². The number of rotatable bonds is 3. The predicted molar refractivity (Wildman–Crippen MR) is 93.3 cm³/mol. The summed E-state index contributed by atoms with van der Waals surface area (Å²) in [6.07, 6.45) is 3.57. The van der Waals surface area contributed by atoms with Crippen LogP contribution in [0.3, 0.4) is 0 Å². The molecule has 2 unspecified atom stereocenters. The minimum Gasteiger partial charge on any atom is -0.396 e. The number of para-hydroxylation sites is 1. The van der Waals surface area contributed by atoms with Crippen LogP contribution in [0.15, 0.2) is 30.5 Å². The fraction of sp³-hybridized carbons (Fsp3) is 0.474. The Bertz CT molecular complexity index is 738. The second kappa shape index (κ2) is 6.77. The van der Waals surface area contributed by atoms with Crippen LogP contribution in [0.25, 0.3) is 5.69 Å². The topological polar surface area (TPSA) is 58.4 Å². The number of piperidine rings is 1. The molecule has 128 valence electrons. The van der Waals surface area contributed by atoms with Crippen LogP contribution < -0.4 is 0 Å². The SMILES string of the molecule is Cc1ccccc1-n1ncc(C(=O)N2CC(CO)CCC2C)c1C. The lowest BCUT2D eigenvalue weighted by atomic mass is 9.93. The van der Waals surface area contributed by atoms with E-state index >= 15 is 0 Å². The molecule has 1 aromatic heterocycles. The quantitative estimate of drug-likeness (QED) is 0.943.